The molecule has 1 heterocycles. The Morgan fingerprint density at radius 1 is 1.36 bits per heavy atom. The van der Waals surface area contributed by atoms with Crippen molar-refractivity contribution in [3.63, 3.8) is 0 Å². The van der Waals surface area contributed by atoms with Crippen LogP contribution < -0.4 is 5.11 Å². The van der Waals surface area contributed by atoms with Crippen molar-refractivity contribution in [2.75, 3.05) is 6.61 Å². The largest absolute Gasteiger partial charge is 0.550 e. The van der Waals surface area contributed by atoms with E-state index in [1.165, 1.54) is 24.3 Å². The van der Waals surface area contributed by atoms with Gasteiger partial charge in [-0.25, -0.2) is 8.42 Å². The van der Waals surface area contributed by atoms with Gasteiger partial charge in [-0.1, -0.05) is 12.1 Å². The summed E-state index contributed by atoms with van der Waals surface area (Å²) >= 11 is 0. The fourth-order valence-electron chi connectivity index (χ4n) is 2.32. The molecule has 0 radical (unpaired) electrons. The van der Waals surface area contributed by atoms with Gasteiger partial charge in [0.15, 0.2) is 15.6 Å². The Kier molecular flexibility index (Phi) is 4.60. The maximum absolute atomic E-state index is 12.6. The Labute approximate surface area is 130 Å². The molecule has 122 valence electrons. The van der Waals surface area contributed by atoms with Crippen LogP contribution in [-0.2, 0) is 30.5 Å². The number of benzene rings is 1. The highest BCUT2D eigenvalue weighted by Crippen LogP contribution is 2.29. The minimum absolute atomic E-state index is 0.135. The highest BCUT2D eigenvalue weighted by atomic mass is 32.2. The van der Waals surface area contributed by atoms with Crippen molar-refractivity contribution in [1.29, 1.82) is 0 Å². The molecule has 2 unspecified atom stereocenters. The zero-order valence-corrected chi connectivity index (χ0v) is 13.6. The Balaban J connectivity index is 2.17. The van der Waals surface area contributed by atoms with Crippen LogP contribution in [0.5, 0.6) is 0 Å². The molecule has 0 spiro atoms. The molecule has 2 atom stereocenters. The second-order valence-electron chi connectivity index (χ2n) is 5.81. The number of carboxylic acid groups (broad SMARTS) is 1. The molecule has 1 fully saturated rings. The van der Waals surface area contributed by atoms with Gasteiger partial charge in [0.05, 0.1) is 16.8 Å². The van der Waals surface area contributed by atoms with E-state index in [9.17, 15) is 18.3 Å². The van der Waals surface area contributed by atoms with Gasteiger partial charge < -0.3 is 19.4 Å². The first-order chi connectivity index (χ1) is 10.1. The van der Waals surface area contributed by atoms with E-state index in [-0.39, 0.29) is 17.9 Å². The third-order valence-electron chi connectivity index (χ3n) is 3.64. The highest BCUT2D eigenvalue weighted by Gasteiger charge is 2.41. The van der Waals surface area contributed by atoms with Gasteiger partial charge in [-0.05, 0) is 38.5 Å². The molecule has 0 saturated carbocycles. The van der Waals surface area contributed by atoms with Crippen LogP contribution in [0.25, 0.3) is 0 Å². The van der Waals surface area contributed by atoms with Gasteiger partial charge in [-0.2, -0.15) is 0 Å². The van der Waals surface area contributed by atoms with Crippen molar-refractivity contribution in [3.05, 3.63) is 29.8 Å². The zero-order valence-electron chi connectivity index (χ0n) is 12.7. The maximum Gasteiger partial charge on any atom is 0.183 e. The predicted molar refractivity (Wildman–Crippen MR) is 76.7 cm³/mol. The molecule has 0 N–H and O–H groups in total. The zero-order chi connectivity index (χ0) is 16.5. The van der Waals surface area contributed by atoms with E-state index in [0.717, 1.165) is 0 Å². The number of carbonyl (C=O) groups excluding carboxylic acids is 1. The summed E-state index contributed by atoms with van der Waals surface area (Å²) in [6, 6.07) is 5.77. The quantitative estimate of drug-likeness (QED) is 0.772. The molecule has 7 heteroatoms. The van der Waals surface area contributed by atoms with Gasteiger partial charge in [-0.3, -0.25) is 0 Å². The monoisotopic (exact) mass is 327 g/mol. The summed E-state index contributed by atoms with van der Waals surface area (Å²) in [5, 5.41) is 9.77. The Morgan fingerprint density at radius 2 is 1.95 bits per heavy atom. The molecule has 2 rings (SSSR count). The van der Waals surface area contributed by atoms with Crippen LogP contribution in [0.4, 0.5) is 0 Å². The summed E-state index contributed by atoms with van der Waals surface area (Å²) in [7, 11) is -3.59. The van der Waals surface area contributed by atoms with Gasteiger partial charge in [0.1, 0.15) is 6.10 Å². The van der Waals surface area contributed by atoms with Crippen molar-refractivity contribution in [3.8, 4) is 0 Å². The van der Waals surface area contributed by atoms with Gasteiger partial charge in [-0.15, -0.1) is 0 Å². The second-order valence-corrected chi connectivity index (χ2v) is 8.11. The van der Waals surface area contributed by atoms with E-state index in [2.05, 4.69) is 0 Å². The van der Waals surface area contributed by atoms with Crippen LogP contribution in [0, 0.1) is 0 Å². The number of hydrogen-bond acceptors (Lipinski definition) is 6. The minimum Gasteiger partial charge on any atom is -0.550 e. The molecule has 22 heavy (non-hydrogen) atoms. The molecule has 1 aromatic carbocycles. The van der Waals surface area contributed by atoms with E-state index in [1.807, 2.05) is 0 Å². The van der Waals surface area contributed by atoms with E-state index in [1.54, 1.807) is 20.8 Å². The molecule has 1 aromatic rings. The number of hydrogen-bond donors (Lipinski definition) is 0. The van der Waals surface area contributed by atoms with Crippen molar-refractivity contribution in [2.45, 2.75) is 49.2 Å². The summed E-state index contributed by atoms with van der Waals surface area (Å²) in [5.41, 5.74) is 0.494. The third kappa shape index (κ3) is 3.66. The first kappa shape index (κ1) is 16.9. The van der Waals surface area contributed by atoms with Crippen molar-refractivity contribution < 1.29 is 27.8 Å². The number of rotatable bonds is 5. The van der Waals surface area contributed by atoms with E-state index >= 15 is 0 Å². The van der Waals surface area contributed by atoms with Crippen LogP contribution >= 0.6 is 0 Å². The molecule has 1 saturated heterocycles. The SMILES string of the molecule is CC(C1COC(C)(C)O1)S(=O)(=O)c1ccc(CC(=O)[O-])cc1. The lowest BCUT2D eigenvalue weighted by molar-refractivity contribution is -0.304. The first-order valence-electron chi connectivity index (χ1n) is 6.96. The van der Waals surface area contributed by atoms with Gasteiger partial charge in [0, 0.05) is 12.4 Å². The fourth-order valence-corrected chi connectivity index (χ4v) is 3.80. The predicted octanol–water partition coefficient (Wildman–Crippen LogP) is 0.293. The molecular formula is C15H19O6S-. The number of sulfone groups is 1. The smallest absolute Gasteiger partial charge is 0.183 e. The average Bonchev–Trinajstić information content (AvgIpc) is 2.78. The molecule has 1 aliphatic heterocycles. The van der Waals surface area contributed by atoms with E-state index in [0.29, 0.717) is 5.56 Å². The second kappa shape index (κ2) is 5.98. The van der Waals surface area contributed by atoms with Gasteiger partial charge in [0.25, 0.3) is 0 Å². The van der Waals surface area contributed by atoms with Crippen LogP contribution in [0.1, 0.15) is 26.3 Å². The summed E-state index contributed by atoms with van der Waals surface area (Å²) in [4.78, 5) is 10.7. The molecule has 0 aliphatic carbocycles. The first-order valence-corrected chi connectivity index (χ1v) is 8.51. The van der Waals surface area contributed by atoms with Gasteiger partial charge in [0.2, 0.25) is 0 Å². The molecule has 1 aliphatic rings. The lowest BCUT2D eigenvalue weighted by Gasteiger charge is -2.21. The fraction of sp³-hybridized carbons (Fsp3) is 0.533. The Bertz CT molecular complexity index is 647. The number of aliphatic carboxylic acids is 1. The van der Waals surface area contributed by atoms with Gasteiger partial charge >= 0.3 is 0 Å². The van der Waals surface area contributed by atoms with E-state index < -0.39 is 32.9 Å². The Hall–Kier alpha value is -1.44. The number of carboxylic acids is 1. The van der Waals surface area contributed by atoms with Crippen molar-refractivity contribution >= 4 is 15.8 Å². The molecule has 0 amide bonds. The minimum atomic E-state index is -3.59. The Morgan fingerprint density at radius 3 is 2.41 bits per heavy atom. The van der Waals surface area contributed by atoms with E-state index in [4.69, 9.17) is 9.47 Å². The van der Waals surface area contributed by atoms with Crippen LogP contribution in [0.2, 0.25) is 0 Å². The maximum atomic E-state index is 12.6. The summed E-state index contributed by atoms with van der Waals surface area (Å²) in [6.45, 7) is 5.28. The molecule has 0 aromatic heterocycles. The summed E-state index contributed by atoms with van der Waals surface area (Å²) in [5.74, 6) is -1.99. The average molecular weight is 327 g/mol. The van der Waals surface area contributed by atoms with Crippen molar-refractivity contribution in [2.24, 2.45) is 0 Å². The van der Waals surface area contributed by atoms with Crippen LogP contribution in [0.3, 0.4) is 0 Å². The number of carbonyl (C=O) groups is 1. The lowest BCUT2D eigenvalue weighted by atomic mass is 10.2. The standard InChI is InChI=1S/C15H20O6S/c1-10(13-9-20-15(2,3)21-13)22(18,19)12-6-4-11(5-7-12)8-14(16)17/h4-7,10,13H,8-9H2,1-3H3,(H,16,17)/p-1. The topological polar surface area (TPSA) is 92.7 Å². The summed E-state index contributed by atoms with van der Waals surface area (Å²) < 4.78 is 36.2. The number of ether oxygens (including phenoxy) is 2. The third-order valence-corrected chi connectivity index (χ3v) is 5.86. The highest BCUT2D eigenvalue weighted by molar-refractivity contribution is 7.92. The van der Waals surface area contributed by atoms with Crippen LogP contribution in [-0.4, -0.2) is 38.1 Å². The normalized spacial score (nSPS) is 22.4. The van der Waals surface area contributed by atoms with Crippen molar-refractivity contribution in [1.82, 2.24) is 0 Å². The summed E-state index contributed by atoms with van der Waals surface area (Å²) in [6.07, 6.45) is -0.785. The van der Waals surface area contributed by atoms with Crippen LogP contribution in [0.15, 0.2) is 29.2 Å². The lowest BCUT2D eigenvalue weighted by Crippen LogP contribution is -2.34. The molecular weight excluding hydrogens is 308 g/mol. The molecule has 0 bridgehead atoms. The molecule has 6 nitrogen and oxygen atoms in total.